The van der Waals surface area contributed by atoms with Gasteiger partial charge in [0, 0.05) is 33.9 Å². The molecule has 0 aromatic heterocycles. The van der Waals surface area contributed by atoms with Crippen LogP contribution >= 0.6 is 0 Å². The van der Waals surface area contributed by atoms with E-state index in [2.05, 4.69) is 121 Å². The first-order valence-corrected chi connectivity index (χ1v) is 26.4. The van der Waals surface area contributed by atoms with Crippen molar-refractivity contribution in [3.63, 3.8) is 0 Å². The number of rotatable bonds is 8. The second-order valence-electron chi connectivity index (χ2n) is 20.3. The number of anilines is 6. The van der Waals surface area contributed by atoms with E-state index in [0.29, 0.717) is 22.7 Å². The molecule has 12 aromatic carbocycles. The van der Waals surface area contributed by atoms with Gasteiger partial charge in [-0.1, -0.05) is 243 Å². The van der Waals surface area contributed by atoms with Gasteiger partial charge in [0.1, 0.15) is 0 Å². The minimum atomic E-state index is -1.04. The van der Waals surface area contributed by atoms with Crippen LogP contribution in [0, 0.1) is 0 Å². The van der Waals surface area contributed by atoms with Crippen LogP contribution in [0.25, 0.3) is 55.7 Å². The summed E-state index contributed by atoms with van der Waals surface area (Å²) < 4.78 is 92.6. The Balaban J connectivity index is 1.04. The molecule has 0 heterocycles. The molecule has 2 heteroatoms. The Morgan fingerprint density at radius 1 is 0.244 bits per heavy atom. The fraction of sp³-hybridized carbons (Fsp3) is 0.0263. The van der Waals surface area contributed by atoms with Crippen molar-refractivity contribution in [2.45, 2.75) is 10.8 Å². The lowest BCUT2D eigenvalue weighted by atomic mass is 9.66. The van der Waals surface area contributed by atoms with Gasteiger partial charge in [-0.2, -0.15) is 0 Å². The van der Waals surface area contributed by atoms with Crippen LogP contribution in [0.4, 0.5) is 34.1 Å². The van der Waals surface area contributed by atoms with Crippen LogP contribution in [0.2, 0.25) is 0 Å². The summed E-state index contributed by atoms with van der Waals surface area (Å²) in [5.41, 5.74) is 18.2. The first-order chi connectivity index (χ1) is 42.9. The van der Waals surface area contributed by atoms with Crippen LogP contribution in [-0.4, -0.2) is 0 Å². The third-order valence-corrected chi connectivity index (χ3v) is 16.7. The molecular weight excluding hydrogens is 941 g/mol. The molecule has 0 fully saturated rings. The molecule has 4 aliphatic rings. The normalized spacial score (nSPS) is 15.8. The maximum absolute atomic E-state index is 9.67. The number of nitrogens with zero attached hydrogens (tertiary/aromatic N) is 2. The SMILES string of the molecule is [2H]c1c([2H])c([2H])c(N(c2ccc3c(c2)C2(C4=C3C3(c5cc(N(c6ccccc6-c6ccccc6)c6c([2H])c([2H])c([2H])c([2H])c6[2H])ccc54)c4ccccc4-c4ccccc43)c3ccccc3-c3ccccc32)c2ccccc2-c2ccccc2)c([2H])c1[2H]. The molecule has 0 radical (unpaired) electrons. The second kappa shape index (κ2) is 17.3. The maximum atomic E-state index is 9.67. The zero-order chi connectivity index (χ0) is 60.1. The van der Waals surface area contributed by atoms with E-state index in [1.54, 1.807) is 0 Å². The van der Waals surface area contributed by atoms with Gasteiger partial charge in [-0.15, -0.1) is 0 Å². The fourth-order valence-corrected chi connectivity index (χ4v) is 13.9. The molecule has 0 atom stereocenters. The molecule has 78 heavy (non-hydrogen) atoms. The van der Waals surface area contributed by atoms with Gasteiger partial charge in [-0.25, -0.2) is 0 Å². The van der Waals surface area contributed by atoms with Crippen LogP contribution in [0.3, 0.4) is 0 Å². The summed E-state index contributed by atoms with van der Waals surface area (Å²) in [6, 6.07) is 78.6. The average molecular weight is 1000 g/mol. The molecule has 2 spiro atoms. The predicted molar refractivity (Wildman–Crippen MR) is 323 cm³/mol. The molecule has 16 rings (SSSR count). The highest BCUT2D eigenvalue weighted by molar-refractivity contribution is 6.20. The molecule has 0 N–H and O–H groups in total. The van der Waals surface area contributed by atoms with Crippen molar-refractivity contribution in [2.24, 2.45) is 0 Å². The van der Waals surface area contributed by atoms with E-state index in [1.807, 2.05) is 131 Å². The molecule has 0 aliphatic heterocycles. The molecule has 364 valence electrons. The number of hydrogen-bond acceptors (Lipinski definition) is 2. The lowest BCUT2D eigenvalue weighted by Crippen LogP contribution is -2.29. The fourth-order valence-electron chi connectivity index (χ4n) is 13.9. The lowest BCUT2D eigenvalue weighted by molar-refractivity contribution is 0.826. The number of para-hydroxylation sites is 4. The van der Waals surface area contributed by atoms with Crippen molar-refractivity contribution in [3.05, 3.63) is 348 Å². The summed E-state index contributed by atoms with van der Waals surface area (Å²) in [7, 11) is 0. The van der Waals surface area contributed by atoms with Crippen molar-refractivity contribution >= 4 is 45.3 Å². The van der Waals surface area contributed by atoms with Crippen LogP contribution < -0.4 is 9.80 Å². The number of benzene rings is 12. The highest BCUT2D eigenvalue weighted by Crippen LogP contribution is 2.75. The van der Waals surface area contributed by atoms with Gasteiger partial charge in [0.05, 0.1) is 35.9 Å². The molecule has 12 aromatic rings. The molecular formula is C76H50N2. The molecule has 0 saturated carbocycles. The number of hydrogen-bond donors (Lipinski definition) is 0. The summed E-state index contributed by atoms with van der Waals surface area (Å²) in [5, 5.41) is 0. The van der Waals surface area contributed by atoms with E-state index in [1.165, 1.54) is 0 Å². The highest BCUT2D eigenvalue weighted by Gasteiger charge is 2.63. The third kappa shape index (κ3) is 6.08. The first-order valence-electron chi connectivity index (χ1n) is 31.4. The Labute approximate surface area is 469 Å². The van der Waals surface area contributed by atoms with E-state index < -0.39 is 47.1 Å². The summed E-state index contributed by atoms with van der Waals surface area (Å²) in [5.74, 6) is 0. The largest absolute Gasteiger partial charge is 0.310 e. The van der Waals surface area contributed by atoms with Crippen LogP contribution in [0.15, 0.2) is 303 Å². The Morgan fingerprint density at radius 3 is 0.910 bits per heavy atom. The molecule has 0 saturated heterocycles. The van der Waals surface area contributed by atoms with Crippen LogP contribution in [-0.2, 0) is 10.8 Å². The summed E-state index contributed by atoms with van der Waals surface area (Å²) in [4.78, 5) is 3.70. The van der Waals surface area contributed by atoms with Crippen molar-refractivity contribution in [2.75, 3.05) is 9.80 Å². The summed E-state index contributed by atoms with van der Waals surface area (Å²) in [6.07, 6.45) is 0. The van der Waals surface area contributed by atoms with Crippen molar-refractivity contribution < 1.29 is 13.7 Å². The quantitative estimate of drug-likeness (QED) is 0.150. The first kappa shape index (κ1) is 35.3. The lowest BCUT2D eigenvalue weighted by Gasteiger charge is -2.37. The van der Waals surface area contributed by atoms with Gasteiger partial charge < -0.3 is 9.80 Å². The zero-order valence-corrected chi connectivity index (χ0v) is 42.0. The van der Waals surface area contributed by atoms with E-state index in [9.17, 15) is 5.48 Å². The van der Waals surface area contributed by atoms with Gasteiger partial charge in [-0.05, 0) is 150 Å². The molecule has 0 bridgehead atoms. The second-order valence-corrected chi connectivity index (χ2v) is 20.3. The van der Waals surface area contributed by atoms with Crippen molar-refractivity contribution in [1.82, 2.24) is 0 Å². The number of allylic oxidation sites excluding steroid dienone is 2. The van der Waals surface area contributed by atoms with Gasteiger partial charge in [0.2, 0.25) is 0 Å². The minimum absolute atomic E-state index is 0.0135. The van der Waals surface area contributed by atoms with E-state index in [0.717, 1.165) is 100 Å². The van der Waals surface area contributed by atoms with Crippen molar-refractivity contribution in [3.8, 4) is 44.5 Å². The van der Waals surface area contributed by atoms with Crippen LogP contribution in [0.5, 0.6) is 0 Å². The third-order valence-electron chi connectivity index (χ3n) is 16.7. The minimum Gasteiger partial charge on any atom is -0.310 e. The van der Waals surface area contributed by atoms with Crippen molar-refractivity contribution in [1.29, 1.82) is 0 Å². The predicted octanol–water partition coefficient (Wildman–Crippen LogP) is 19.5. The Morgan fingerprint density at radius 2 is 0.551 bits per heavy atom. The summed E-state index contributed by atoms with van der Waals surface area (Å²) >= 11 is 0. The van der Waals surface area contributed by atoms with E-state index >= 15 is 0 Å². The van der Waals surface area contributed by atoms with Gasteiger partial charge in [-0.3, -0.25) is 0 Å². The zero-order valence-electron chi connectivity index (χ0n) is 52.0. The maximum Gasteiger partial charge on any atom is 0.0729 e. The summed E-state index contributed by atoms with van der Waals surface area (Å²) in [6.45, 7) is 0. The van der Waals surface area contributed by atoms with Gasteiger partial charge >= 0.3 is 0 Å². The molecule has 2 nitrogen and oxygen atoms in total. The van der Waals surface area contributed by atoms with Crippen LogP contribution in [0.1, 0.15) is 58.2 Å². The standard InChI is InChI=1S/C76H50N2/c1-5-25-51(26-6-1)57-33-17-23-43-71(57)77(53-29-9-3-10-30-53)55-45-47-63-69(49-55)75(65-39-19-13-35-59(65)60-36-14-20-40-66(60)75)74-64-48-46-56(50-70(64)76(73(63)74)67-41-21-15-37-61(67)62-38-16-22-42-68(62)76)78(54-31-11-4-12-32-54)72-44-24-18-34-58(72)52-27-7-2-8-28-52/h1-50H/i3D,4D,9D,10D,11D,12D,29D,30D,31D,32D. The number of fused-ring (bicyclic) bond motifs is 18. The van der Waals surface area contributed by atoms with E-state index in [4.69, 9.17) is 8.22 Å². The Hall–Kier alpha value is -10.0. The van der Waals surface area contributed by atoms with Gasteiger partial charge in [0.25, 0.3) is 0 Å². The smallest absolute Gasteiger partial charge is 0.0729 e. The average Bonchev–Trinajstić information content (AvgIpc) is 1.47. The molecule has 4 aliphatic carbocycles. The Kier molecular flexibility index (Phi) is 7.81. The molecule has 0 unspecified atom stereocenters. The van der Waals surface area contributed by atoms with E-state index in [-0.39, 0.29) is 35.5 Å². The topological polar surface area (TPSA) is 6.48 Å². The van der Waals surface area contributed by atoms with Gasteiger partial charge in [0.15, 0.2) is 0 Å². The Bertz CT molecular complexity index is 4560. The monoisotopic (exact) mass is 1000 g/mol. The molecule has 0 amide bonds. The highest BCUT2D eigenvalue weighted by atomic mass is 15.2.